The van der Waals surface area contributed by atoms with E-state index in [0.29, 0.717) is 0 Å². The van der Waals surface area contributed by atoms with E-state index in [0.717, 1.165) is 4.90 Å². The molecule has 0 fully saturated rings. The largest absolute Gasteiger partial charge is 0.453 e. The molecule has 5 nitrogen and oxygen atoms in total. The van der Waals surface area contributed by atoms with Gasteiger partial charge in [-0.3, -0.25) is 4.79 Å². The molecule has 1 aromatic rings. The number of hydrogen-bond donors (Lipinski definition) is 0. The standard InChI is InChI=1S/C12H13F2NO4/c1-15(12(17)18-2)7-10(16)8-3-5-9(6-4-8)19-11(13)14/h3-6,11H,7H2,1-2H3. The van der Waals surface area contributed by atoms with Crippen LogP contribution in [0.2, 0.25) is 0 Å². The van der Waals surface area contributed by atoms with Crippen molar-refractivity contribution < 1.29 is 27.8 Å². The molecule has 0 saturated heterocycles. The van der Waals surface area contributed by atoms with E-state index in [1.807, 2.05) is 0 Å². The zero-order valence-corrected chi connectivity index (χ0v) is 10.4. The van der Waals surface area contributed by atoms with Crippen LogP contribution < -0.4 is 4.74 Å². The van der Waals surface area contributed by atoms with Crippen molar-refractivity contribution in [3.8, 4) is 5.75 Å². The minimum absolute atomic E-state index is 0.0344. The summed E-state index contributed by atoms with van der Waals surface area (Å²) in [7, 11) is 2.62. The Hall–Kier alpha value is -2.18. The lowest BCUT2D eigenvalue weighted by Crippen LogP contribution is -2.31. The third-order valence-electron chi connectivity index (χ3n) is 2.27. The van der Waals surface area contributed by atoms with Crippen LogP contribution in [-0.2, 0) is 4.74 Å². The Labute approximate surface area is 108 Å². The molecular weight excluding hydrogens is 260 g/mol. The smallest absolute Gasteiger partial charge is 0.409 e. The number of hydrogen-bond acceptors (Lipinski definition) is 4. The molecule has 0 aliphatic rings. The number of ether oxygens (including phenoxy) is 2. The molecule has 0 saturated carbocycles. The molecule has 0 spiro atoms. The molecule has 0 N–H and O–H groups in total. The van der Waals surface area contributed by atoms with Crippen molar-refractivity contribution in [2.75, 3.05) is 20.7 Å². The summed E-state index contributed by atoms with van der Waals surface area (Å²) in [5, 5.41) is 0. The number of ketones is 1. The van der Waals surface area contributed by atoms with Crippen LogP contribution in [0, 0.1) is 0 Å². The zero-order valence-electron chi connectivity index (χ0n) is 10.4. The third-order valence-corrected chi connectivity index (χ3v) is 2.27. The van der Waals surface area contributed by atoms with Gasteiger partial charge in [-0.25, -0.2) is 4.79 Å². The Balaban J connectivity index is 2.65. The molecule has 0 aromatic heterocycles. The average Bonchev–Trinajstić information content (AvgIpc) is 2.37. The first kappa shape index (κ1) is 14.9. The second-order valence-electron chi connectivity index (χ2n) is 3.65. The van der Waals surface area contributed by atoms with Crippen LogP contribution in [0.1, 0.15) is 10.4 Å². The van der Waals surface area contributed by atoms with Crippen molar-refractivity contribution in [3.63, 3.8) is 0 Å². The van der Waals surface area contributed by atoms with Crippen LogP contribution >= 0.6 is 0 Å². The minimum Gasteiger partial charge on any atom is -0.453 e. The maximum absolute atomic E-state index is 11.9. The predicted molar refractivity (Wildman–Crippen MR) is 62.4 cm³/mol. The van der Waals surface area contributed by atoms with E-state index >= 15 is 0 Å². The topological polar surface area (TPSA) is 55.8 Å². The fourth-order valence-corrected chi connectivity index (χ4v) is 1.35. The van der Waals surface area contributed by atoms with Crippen LogP contribution in [0.3, 0.4) is 0 Å². The van der Waals surface area contributed by atoms with E-state index in [4.69, 9.17) is 0 Å². The first-order chi connectivity index (χ1) is 8.93. The fraction of sp³-hybridized carbons (Fsp3) is 0.333. The van der Waals surface area contributed by atoms with Gasteiger partial charge in [-0.1, -0.05) is 0 Å². The summed E-state index contributed by atoms with van der Waals surface area (Å²) in [5.41, 5.74) is 0.289. The SMILES string of the molecule is COC(=O)N(C)CC(=O)c1ccc(OC(F)F)cc1. The molecule has 0 unspecified atom stereocenters. The number of halogens is 2. The van der Waals surface area contributed by atoms with Crippen molar-refractivity contribution in [1.82, 2.24) is 4.90 Å². The molecule has 7 heteroatoms. The quantitative estimate of drug-likeness (QED) is 0.771. The monoisotopic (exact) mass is 273 g/mol. The molecule has 19 heavy (non-hydrogen) atoms. The van der Waals surface area contributed by atoms with Crippen molar-refractivity contribution in [1.29, 1.82) is 0 Å². The van der Waals surface area contributed by atoms with Crippen LogP contribution in [0.25, 0.3) is 0 Å². The number of benzene rings is 1. The second kappa shape index (κ2) is 6.67. The number of rotatable bonds is 5. The number of carbonyl (C=O) groups excluding carboxylic acids is 2. The van der Waals surface area contributed by atoms with Gasteiger partial charge in [0.05, 0.1) is 13.7 Å². The van der Waals surface area contributed by atoms with Gasteiger partial charge in [0.25, 0.3) is 0 Å². The van der Waals surface area contributed by atoms with E-state index < -0.39 is 12.7 Å². The molecular formula is C12H13F2NO4. The van der Waals surface area contributed by atoms with E-state index in [2.05, 4.69) is 9.47 Å². The number of alkyl halides is 2. The van der Waals surface area contributed by atoms with Gasteiger partial charge in [0, 0.05) is 12.6 Å². The fourth-order valence-electron chi connectivity index (χ4n) is 1.35. The van der Waals surface area contributed by atoms with Gasteiger partial charge in [0.1, 0.15) is 5.75 Å². The first-order valence-corrected chi connectivity index (χ1v) is 5.31. The van der Waals surface area contributed by atoms with Crippen LogP contribution in [0.4, 0.5) is 13.6 Å². The Bertz CT molecular complexity index is 448. The summed E-state index contributed by atoms with van der Waals surface area (Å²) >= 11 is 0. The Morgan fingerprint density at radius 3 is 2.32 bits per heavy atom. The Kier molecular flexibility index (Phi) is 5.23. The molecule has 1 aromatic carbocycles. The van der Waals surface area contributed by atoms with Gasteiger partial charge in [0.2, 0.25) is 0 Å². The predicted octanol–water partition coefficient (Wildman–Crippen LogP) is 2.17. The molecule has 0 radical (unpaired) electrons. The normalized spacial score (nSPS) is 10.2. The van der Waals surface area contributed by atoms with Gasteiger partial charge >= 0.3 is 12.7 Å². The lowest BCUT2D eigenvalue weighted by atomic mass is 10.1. The Morgan fingerprint density at radius 1 is 1.26 bits per heavy atom. The number of Topliss-reactive ketones (excluding diaryl/α,β-unsaturated/α-hetero) is 1. The highest BCUT2D eigenvalue weighted by atomic mass is 19.3. The van der Waals surface area contributed by atoms with Gasteiger partial charge in [-0.15, -0.1) is 0 Å². The summed E-state index contributed by atoms with van der Waals surface area (Å²) in [6.07, 6.45) is -0.633. The second-order valence-corrected chi connectivity index (χ2v) is 3.65. The maximum atomic E-state index is 11.9. The number of nitrogens with zero attached hydrogens (tertiary/aromatic N) is 1. The summed E-state index contributed by atoms with van der Waals surface area (Å²) in [5.74, 6) is -0.371. The van der Waals surface area contributed by atoms with E-state index in [-0.39, 0.29) is 23.6 Å². The van der Waals surface area contributed by atoms with Crippen LogP contribution in [-0.4, -0.2) is 44.1 Å². The highest BCUT2D eigenvalue weighted by Gasteiger charge is 2.14. The summed E-state index contributed by atoms with van der Waals surface area (Å²) in [4.78, 5) is 24.0. The van der Waals surface area contributed by atoms with Gasteiger partial charge < -0.3 is 14.4 Å². The molecule has 0 atom stereocenters. The Morgan fingerprint density at radius 2 is 1.84 bits per heavy atom. The maximum Gasteiger partial charge on any atom is 0.409 e. The average molecular weight is 273 g/mol. The van der Waals surface area contributed by atoms with Crippen LogP contribution in [0.5, 0.6) is 5.75 Å². The molecule has 1 amide bonds. The van der Waals surface area contributed by atoms with Gasteiger partial charge in [-0.2, -0.15) is 8.78 Å². The number of methoxy groups -OCH3 is 1. The molecule has 0 aliphatic carbocycles. The summed E-state index contributed by atoms with van der Waals surface area (Å²) in [6, 6.07) is 5.23. The van der Waals surface area contributed by atoms with E-state index in [1.165, 1.54) is 38.4 Å². The molecule has 0 heterocycles. The summed E-state index contributed by atoms with van der Waals surface area (Å²) in [6.45, 7) is -3.08. The van der Waals surface area contributed by atoms with Crippen molar-refractivity contribution in [3.05, 3.63) is 29.8 Å². The molecule has 1 rings (SSSR count). The van der Waals surface area contributed by atoms with Gasteiger partial charge in [0.15, 0.2) is 5.78 Å². The first-order valence-electron chi connectivity index (χ1n) is 5.31. The minimum atomic E-state index is -2.91. The molecule has 104 valence electrons. The van der Waals surface area contributed by atoms with Crippen LogP contribution in [0.15, 0.2) is 24.3 Å². The number of carbonyl (C=O) groups is 2. The number of amides is 1. The van der Waals surface area contributed by atoms with Gasteiger partial charge in [-0.05, 0) is 24.3 Å². The highest BCUT2D eigenvalue weighted by molar-refractivity contribution is 5.98. The zero-order chi connectivity index (χ0) is 14.4. The molecule has 0 aliphatic heterocycles. The summed E-state index contributed by atoms with van der Waals surface area (Å²) < 4.78 is 32.5. The van der Waals surface area contributed by atoms with E-state index in [1.54, 1.807) is 0 Å². The van der Waals surface area contributed by atoms with Crippen molar-refractivity contribution >= 4 is 11.9 Å². The lowest BCUT2D eigenvalue weighted by molar-refractivity contribution is -0.0498. The van der Waals surface area contributed by atoms with E-state index in [9.17, 15) is 18.4 Å². The third kappa shape index (κ3) is 4.53. The highest BCUT2D eigenvalue weighted by Crippen LogP contribution is 2.15. The van der Waals surface area contributed by atoms with Crippen molar-refractivity contribution in [2.45, 2.75) is 6.61 Å². The lowest BCUT2D eigenvalue weighted by Gasteiger charge is -2.14. The molecule has 0 bridgehead atoms. The number of likely N-dealkylation sites (N-methyl/N-ethyl adjacent to an activating group) is 1. The van der Waals surface area contributed by atoms with Crippen molar-refractivity contribution in [2.24, 2.45) is 0 Å².